The number of carbonyl (C=O) groups is 1. The second-order valence-corrected chi connectivity index (χ2v) is 7.24. The maximum absolute atomic E-state index is 12.3. The van der Waals surface area contributed by atoms with Gasteiger partial charge in [0.05, 0.1) is 5.56 Å². The Balaban J connectivity index is 1.42. The van der Waals surface area contributed by atoms with E-state index in [2.05, 4.69) is 10.2 Å². The lowest BCUT2D eigenvalue weighted by Crippen LogP contribution is -2.09. The Morgan fingerprint density at radius 2 is 2.00 bits per heavy atom. The van der Waals surface area contributed by atoms with Crippen LogP contribution in [0.3, 0.4) is 0 Å². The zero-order valence-electron chi connectivity index (χ0n) is 13.3. The normalized spacial score (nSPS) is 13.5. The molecule has 128 valence electrons. The summed E-state index contributed by atoms with van der Waals surface area (Å²) in [6, 6.07) is 7.09. The average molecular weight is 375 g/mol. The summed E-state index contributed by atoms with van der Waals surface area (Å²) in [6.45, 7) is -0.0377. The van der Waals surface area contributed by atoms with Crippen LogP contribution in [-0.2, 0) is 24.2 Å². The second-order valence-electron chi connectivity index (χ2n) is 5.84. The fourth-order valence-corrected chi connectivity index (χ4v) is 4.13. The van der Waals surface area contributed by atoms with E-state index in [0.29, 0.717) is 16.5 Å². The molecular formula is C18H15ClN2O3S. The predicted molar refractivity (Wildman–Crippen MR) is 94.8 cm³/mol. The minimum Gasteiger partial charge on any atom is -0.452 e. The van der Waals surface area contributed by atoms with E-state index in [1.807, 2.05) is 5.38 Å². The van der Waals surface area contributed by atoms with Crippen molar-refractivity contribution in [2.24, 2.45) is 0 Å². The van der Waals surface area contributed by atoms with Gasteiger partial charge in [0.2, 0.25) is 5.89 Å². The molecule has 2 heterocycles. The Hall–Kier alpha value is -2.18. The first kappa shape index (κ1) is 16.3. The van der Waals surface area contributed by atoms with E-state index in [-0.39, 0.29) is 18.5 Å². The van der Waals surface area contributed by atoms with Crippen LogP contribution in [0.1, 0.15) is 39.5 Å². The number of aryl methyl sites for hydroxylation is 1. The van der Waals surface area contributed by atoms with Crippen molar-refractivity contribution in [2.45, 2.75) is 32.3 Å². The van der Waals surface area contributed by atoms with Crippen LogP contribution in [0.25, 0.3) is 11.5 Å². The van der Waals surface area contributed by atoms with Crippen LogP contribution in [0.4, 0.5) is 0 Å². The summed E-state index contributed by atoms with van der Waals surface area (Å²) in [6.07, 6.45) is 4.32. The summed E-state index contributed by atoms with van der Waals surface area (Å²) in [7, 11) is 0. The van der Waals surface area contributed by atoms with Gasteiger partial charge in [0, 0.05) is 20.8 Å². The quantitative estimate of drug-likeness (QED) is 0.620. The van der Waals surface area contributed by atoms with Gasteiger partial charge in [0.1, 0.15) is 0 Å². The molecule has 7 heteroatoms. The van der Waals surface area contributed by atoms with Gasteiger partial charge < -0.3 is 9.15 Å². The van der Waals surface area contributed by atoms with Crippen molar-refractivity contribution in [1.82, 2.24) is 10.2 Å². The molecule has 1 aromatic carbocycles. The molecule has 2 aromatic heterocycles. The first-order chi connectivity index (χ1) is 12.2. The molecule has 0 radical (unpaired) electrons. The molecule has 25 heavy (non-hydrogen) atoms. The van der Waals surface area contributed by atoms with E-state index >= 15 is 0 Å². The minimum atomic E-state index is -0.328. The van der Waals surface area contributed by atoms with Gasteiger partial charge >= 0.3 is 5.97 Å². The number of hydrogen-bond donors (Lipinski definition) is 0. The molecule has 0 aliphatic heterocycles. The Bertz CT molecular complexity index is 901. The van der Waals surface area contributed by atoms with Crippen LogP contribution in [0.2, 0.25) is 5.02 Å². The number of fused-ring (bicyclic) bond motifs is 1. The third kappa shape index (κ3) is 3.45. The molecule has 3 aromatic rings. The predicted octanol–water partition coefficient (Wildman–Crippen LogP) is 4.69. The third-order valence-electron chi connectivity index (χ3n) is 4.17. The topological polar surface area (TPSA) is 65.2 Å². The van der Waals surface area contributed by atoms with Crippen molar-refractivity contribution >= 4 is 28.9 Å². The Morgan fingerprint density at radius 3 is 2.84 bits per heavy atom. The number of benzene rings is 1. The number of esters is 1. The number of aromatic nitrogens is 2. The Kier molecular flexibility index (Phi) is 4.55. The van der Waals surface area contributed by atoms with Crippen LogP contribution >= 0.6 is 22.9 Å². The molecule has 0 amide bonds. The summed E-state index contributed by atoms with van der Waals surface area (Å²) >= 11 is 7.51. The van der Waals surface area contributed by atoms with Gasteiger partial charge in [-0.05, 0) is 55.5 Å². The van der Waals surface area contributed by atoms with Gasteiger partial charge in [-0.15, -0.1) is 21.5 Å². The highest BCUT2D eigenvalue weighted by Crippen LogP contribution is 2.30. The lowest BCUT2D eigenvalue weighted by molar-refractivity contribution is 0.0438. The van der Waals surface area contributed by atoms with Gasteiger partial charge in [0.25, 0.3) is 5.89 Å². The maximum Gasteiger partial charge on any atom is 0.339 e. The van der Waals surface area contributed by atoms with E-state index in [0.717, 1.165) is 30.4 Å². The number of nitrogens with zero attached hydrogens (tertiary/aromatic N) is 2. The van der Waals surface area contributed by atoms with E-state index in [4.69, 9.17) is 20.8 Å². The molecule has 4 rings (SSSR count). The van der Waals surface area contributed by atoms with Gasteiger partial charge in [-0.2, -0.15) is 0 Å². The van der Waals surface area contributed by atoms with Crippen LogP contribution in [0.5, 0.6) is 0 Å². The zero-order valence-corrected chi connectivity index (χ0v) is 14.9. The summed E-state index contributed by atoms with van der Waals surface area (Å²) in [5, 5.41) is 10.4. The highest BCUT2D eigenvalue weighted by Gasteiger charge is 2.21. The monoisotopic (exact) mass is 374 g/mol. The molecule has 0 atom stereocenters. The molecular weight excluding hydrogens is 360 g/mol. The summed E-state index contributed by atoms with van der Waals surface area (Å²) in [5.41, 5.74) is 2.59. The largest absolute Gasteiger partial charge is 0.452 e. The highest BCUT2D eigenvalue weighted by molar-refractivity contribution is 7.10. The fraction of sp³-hybridized carbons (Fsp3) is 0.278. The van der Waals surface area contributed by atoms with E-state index in [1.165, 1.54) is 11.3 Å². The van der Waals surface area contributed by atoms with Gasteiger partial charge in [-0.1, -0.05) is 11.6 Å². The maximum atomic E-state index is 12.3. The first-order valence-corrected chi connectivity index (χ1v) is 9.31. The highest BCUT2D eigenvalue weighted by atomic mass is 35.5. The molecule has 0 saturated carbocycles. The summed E-state index contributed by atoms with van der Waals surface area (Å²) < 4.78 is 10.9. The van der Waals surface area contributed by atoms with Crippen molar-refractivity contribution < 1.29 is 13.9 Å². The molecule has 0 saturated heterocycles. The lowest BCUT2D eigenvalue weighted by atomic mass is 9.96. The average Bonchev–Trinajstić information content (AvgIpc) is 3.27. The van der Waals surface area contributed by atoms with Gasteiger partial charge in [-0.25, -0.2) is 4.79 Å². The molecule has 0 fully saturated rings. The molecule has 0 bridgehead atoms. The Labute approximate surface area is 153 Å². The minimum absolute atomic E-state index is 0.0377. The third-order valence-corrected chi connectivity index (χ3v) is 5.51. The number of carbonyl (C=O) groups excluding carboxylic acids is 1. The molecule has 5 nitrogen and oxygen atoms in total. The fourth-order valence-electron chi connectivity index (χ4n) is 2.89. The molecule has 0 unspecified atom stereocenters. The number of ether oxygens (including phenoxy) is 1. The first-order valence-electron chi connectivity index (χ1n) is 8.05. The molecule has 0 N–H and O–H groups in total. The van der Waals surface area contributed by atoms with Crippen molar-refractivity contribution in [2.75, 3.05) is 0 Å². The molecule has 0 spiro atoms. The molecule has 1 aliphatic carbocycles. The number of rotatable bonds is 4. The van der Waals surface area contributed by atoms with Crippen LogP contribution in [0.15, 0.2) is 34.1 Å². The SMILES string of the molecule is O=C(OCc1nnc(-c2ccc(Cl)cc2)o1)c1csc2c1CCCC2. The van der Waals surface area contributed by atoms with Crippen molar-refractivity contribution in [1.29, 1.82) is 0 Å². The summed E-state index contributed by atoms with van der Waals surface area (Å²) in [4.78, 5) is 13.7. The number of hydrogen-bond acceptors (Lipinski definition) is 6. The Morgan fingerprint density at radius 1 is 1.20 bits per heavy atom. The van der Waals surface area contributed by atoms with Gasteiger partial charge in [0.15, 0.2) is 6.61 Å². The standard InChI is InChI=1S/C18H15ClN2O3S/c19-12-7-5-11(6-8-12)17-21-20-16(24-17)9-23-18(22)14-10-25-15-4-2-1-3-13(14)15/h5-8,10H,1-4,9H2. The van der Waals surface area contributed by atoms with Crippen LogP contribution in [0, 0.1) is 0 Å². The number of halogens is 1. The van der Waals surface area contributed by atoms with Crippen LogP contribution < -0.4 is 0 Å². The van der Waals surface area contributed by atoms with Gasteiger partial charge in [-0.3, -0.25) is 0 Å². The smallest absolute Gasteiger partial charge is 0.339 e. The summed E-state index contributed by atoms with van der Waals surface area (Å²) in [5.74, 6) is 0.309. The van der Waals surface area contributed by atoms with Crippen LogP contribution in [-0.4, -0.2) is 16.2 Å². The van der Waals surface area contributed by atoms with Crippen molar-refractivity contribution in [3.63, 3.8) is 0 Å². The van der Waals surface area contributed by atoms with E-state index in [1.54, 1.807) is 35.6 Å². The zero-order chi connectivity index (χ0) is 17.2. The van der Waals surface area contributed by atoms with E-state index in [9.17, 15) is 4.79 Å². The molecule has 1 aliphatic rings. The number of thiophene rings is 1. The lowest BCUT2D eigenvalue weighted by Gasteiger charge is -2.11. The van der Waals surface area contributed by atoms with Crippen molar-refractivity contribution in [3.8, 4) is 11.5 Å². The second kappa shape index (κ2) is 6.98. The van der Waals surface area contributed by atoms with Crippen molar-refractivity contribution in [3.05, 3.63) is 56.6 Å². The van der Waals surface area contributed by atoms with E-state index < -0.39 is 0 Å².